The Hall–Kier alpha value is -1.36. The Morgan fingerprint density at radius 2 is 2.35 bits per heavy atom. The average Bonchev–Trinajstić information content (AvgIpc) is 2.98. The van der Waals surface area contributed by atoms with Crippen LogP contribution in [-0.2, 0) is 11.3 Å². The molecule has 2 fully saturated rings. The first-order chi connectivity index (χ1) is 9.58. The van der Waals surface area contributed by atoms with Crippen molar-refractivity contribution >= 4 is 5.91 Å². The Bertz CT molecular complexity index is 511. The molecule has 110 valence electrons. The molecule has 1 aromatic heterocycles. The second kappa shape index (κ2) is 5.20. The van der Waals surface area contributed by atoms with Gasteiger partial charge in [0.15, 0.2) is 0 Å². The molecule has 2 saturated heterocycles. The van der Waals surface area contributed by atoms with Crippen molar-refractivity contribution in [1.29, 1.82) is 0 Å². The molecule has 3 heterocycles. The number of carbonyl (C=O) groups excluding carboxylic acids is 1. The van der Waals surface area contributed by atoms with Gasteiger partial charge >= 0.3 is 0 Å². The molecule has 3 atom stereocenters. The number of amides is 1. The van der Waals surface area contributed by atoms with Crippen LogP contribution in [-0.4, -0.2) is 45.9 Å². The molecule has 0 aromatic carbocycles. The summed E-state index contributed by atoms with van der Waals surface area (Å²) in [6.45, 7) is 8.35. The van der Waals surface area contributed by atoms with Gasteiger partial charge in [0.25, 0.3) is 5.91 Å². The van der Waals surface area contributed by atoms with Gasteiger partial charge in [-0.15, -0.1) is 0 Å². The van der Waals surface area contributed by atoms with Gasteiger partial charge in [0.1, 0.15) is 5.69 Å². The smallest absolute Gasteiger partial charge is 0.272 e. The number of aromatic nitrogens is 2. The first-order valence-electron chi connectivity index (χ1n) is 7.57. The number of aryl methyl sites for hydroxylation is 2. The molecule has 2 aliphatic heterocycles. The predicted molar refractivity (Wildman–Crippen MR) is 75.6 cm³/mol. The number of rotatable bonds is 2. The molecular formula is C15H23N3O2. The summed E-state index contributed by atoms with van der Waals surface area (Å²) in [5.41, 5.74) is 1.60. The molecule has 1 aromatic rings. The predicted octanol–water partition coefficient (Wildman–Crippen LogP) is 1.85. The number of piperidine rings is 1. The SMILES string of the molecule is CCn1nc(C)cc1C(=O)N1CC[C@@H]2C[C@@H](C)O[C@H]2C1. The molecule has 3 rings (SSSR count). The minimum Gasteiger partial charge on any atom is -0.373 e. The van der Waals surface area contributed by atoms with Crippen LogP contribution in [0.25, 0.3) is 0 Å². The molecule has 2 aliphatic rings. The molecule has 0 spiro atoms. The van der Waals surface area contributed by atoms with Crippen LogP contribution in [0.3, 0.4) is 0 Å². The third-order valence-electron chi connectivity index (χ3n) is 4.45. The molecule has 0 N–H and O–H groups in total. The van der Waals surface area contributed by atoms with E-state index in [0.29, 0.717) is 17.7 Å². The highest BCUT2D eigenvalue weighted by Crippen LogP contribution is 2.33. The molecule has 0 unspecified atom stereocenters. The summed E-state index contributed by atoms with van der Waals surface area (Å²) in [5.74, 6) is 0.723. The number of hydrogen-bond donors (Lipinski definition) is 0. The van der Waals surface area contributed by atoms with E-state index in [1.165, 1.54) is 0 Å². The maximum atomic E-state index is 12.7. The van der Waals surface area contributed by atoms with E-state index in [2.05, 4.69) is 12.0 Å². The first-order valence-corrected chi connectivity index (χ1v) is 7.57. The molecule has 0 aliphatic carbocycles. The van der Waals surface area contributed by atoms with E-state index in [1.54, 1.807) is 4.68 Å². The van der Waals surface area contributed by atoms with Crippen molar-refractivity contribution < 1.29 is 9.53 Å². The van der Waals surface area contributed by atoms with Crippen molar-refractivity contribution in [2.75, 3.05) is 13.1 Å². The van der Waals surface area contributed by atoms with Crippen molar-refractivity contribution in [3.63, 3.8) is 0 Å². The standard InChI is InChI=1S/C15H23N3O2/c1-4-18-13(7-10(2)16-18)15(19)17-6-5-12-8-11(3)20-14(12)9-17/h7,11-12,14H,4-6,8-9H2,1-3H3/t11-,12-,14+/m1/s1. The quantitative estimate of drug-likeness (QED) is 0.829. The Morgan fingerprint density at radius 3 is 3.10 bits per heavy atom. The number of likely N-dealkylation sites (tertiary alicyclic amines) is 1. The van der Waals surface area contributed by atoms with Gasteiger partial charge in [0.2, 0.25) is 0 Å². The Kier molecular flexibility index (Phi) is 3.54. The summed E-state index contributed by atoms with van der Waals surface area (Å²) in [4.78, 5) is 14.6. The number of carbonyl (C=O) groups is 1. The van der Waals surface area contributed by atoms with Gasteiger partial charge < -0.3 is 9.64 Å². The van der Waals surface area contributed by atoms with Crippen LogP contribution < -0.4 is 0 Å². The molecule has 1 amide bonds. The fourth-order valence-corrected chi connectivity index (χ4v) is 3.47. The monoisotopic (exact) mass is 277 g/mol. The molecule has 20 heavy (non-hydrogen) atoms. The Morgan fingerprint density at radius 1 is 1.55 bits per heavy atom. The largest absolute Gasteiger partial charge is 0.373 e. The summed E-state index contributed by atoms with van der Waals surface area (Å²) in [6.07, 6.45) is 2.75. The highest BCUT2D eigenvalue weighted by molar-refractivity contribution is 5.92. The van der Waals surface area contributed by atoms with Gasteiger partial charge in [-0.1, -0.05) is 0 Å². The molecule has 0 saturated carbocycles. The minimum atomic E-state index is 0.0917. The van der Waals surface area contributed by atoms with E-state index >= 15 is 0 Å². The van der Waals surface area contributed by atoms with E-state index in [1.807, 2.05) is 24.8 Å². The number of nitrogens with zero attached hydrogens (tertiary/aromatic N) is 3. The van der Waals surface area contributed by atoms with Gasteiger partial charge in [0, 0.05) is 19.6 Å². The zero-order valence-corrected chi connectivity index (χ0v) is 12.5. The van der Waals surface area contributed by atoms with Crippen molar-refractivity contribution in [3.8, 4) is 0 Å². The lowest BCUT2D eigenvalue weighted by Crippen LogP contribution is -2.45. The van der Waals surface area contributed by atoms with E-state index in [-0.39, 0.29) is 12.0 Å². The summed E-state index contributed by atoms with van der Waals surface area (Å²) in [7, 11) is 0. The summed E-state index contributed by atoms with van der Waals surface area (Å²) >= 11 is 0. The van der Waals surface area contributed by atoms with Crippen LogP contribution in [0.2, 0.25) is 0 Å². The van der Waals surface area contributed by atoms with Crippen LogP contribution in [0.1, 0.15) is 42.9 Å². The first kappa shape index (κ1) is 13.6. The summed E-state index contributed by atoms with van der Waals surface area (Å²) in [5, 5.41) is 4.36. The van der Waals surface area contributed by atoms with Crippen molar-refractivity contribution in [2.24, 2.45) is 5.92 Å². The number of ether oxygens (including phenoxy) is 1. The zero-order valence-electron chi connectivity index (χ0n) is 12.5. The van der Waals surface area contributed by atoms with Crippen LogP contribution in [0, 0.1) is 12.8 Å². The average molecular weight is 277 g/mol. The van der Waals surface area contributed by atoms with Crippen LogP contribution in [0.15, 0.2) is 6.07 Å². The zero-order chi connectivity index (χ0) is 14.3. The molecular weight excluding hydrogens is 254 g/mol. The third-order valence-corrected chi connectivity index (χ3v) is 4.45. The van der Waals surface area contributed by atoms with Crippen molar-refractivity contribution in [2.45, 2.75) is 52.4 Å². The number of hydrogen-bond acceptors (Lipinski definition) is 3. The second-order valence-corrected chi connectivity index (χ2v) is 6.01. The maximum absolute atomic E-state index is 12.7. The lowest BCUT2D eigenvalue weighted by Gasteiger charge is -2.34. The van der Waals surface area contributed by atoms with Crippen LogP contribution in [0.5, 0.6) is 0 Å². The van der Waals surface area contributed by atoms with Gasteiger partial charge in [0.05, 0.1) is 17.9 Å². The summed E-state index contributed by atoms with van der Waals surface area (Å²) in [6, 6.07) is 1.88. The van der Waals surface area contributed by atoms with Crippen molar-refractivity contribution in [1.82, 2.24) is 14.7 Å². The lowest BCUT2D eigenvalue weighted by atomic mass is 9.92. The van der Waals surface area contributed by atoms with Crippen LogP contribution >= 0.6 is 0 Å². The van der Waals surface area contributed by atoms with Crippen LogP contribution in [0.4, 0.5) is 0 Å². The van der Waals surface area contributed by atoms with Gasteiger partial charge in [-0.2, -0.15) is 5.10 Å². The highest BCUT2D eigenvalue weighted by Gasteiger charge is 2.39. The molecule has 0 radical (unpaired) electrons. The van der Waals surface area contributed by atoms with E-state index in [9.17, 15) is 4.79 Å². The summed E-state index contributed by atoms with van der Waals surface area (Å²) < 4.78 is 7.72. The topological polar surface area (TPSA) is 47.4 Å². The second-order valence-electron chi connectivity index (χ2n) is 6.01. The molecule has 0 bridgehead atoms. The molecule has 5 nitrogen and oxygen atoms in total. The van der Waals surface area contributed by atoms with E-state index in [0.717, 1.165) is 38.2 Å². The normalized spacial score (nSPS) is 29.6. The van der Waals surface area contributed by atoms with E-state index in [4.69, 9.17) is 4.74 Å². The van der Waals surface area contributed by atoms with Gasteiger partial charge in [-0.3, -0.25) is 9.48 Å². The Balaban J connectivity index is 1.74. The van der Waals surface area contributed by atoms with Gasteiger partial charge in [-0.05, 0) is 45.6 Å². The van der Waals surface area contributed by atoms with E-state index < -0.39 is 0 Å². The van der Waals surface area contributed by atoms with Crippen molar-refractivity contribution in [3.05, 3.63) is 17.5 Å². The number of fused-ring (bicyclic) bond motifs is 1. The fraction of sp³-hybridized carbons (Fsp3) is 0.733. The highest BCUT2D eigenvalue weighted by atomic mass is 16.5. The maximum Gasteiger partial charge on any atom is 0.272 e. The fourth-order valence-electron chi connectivity index (χ4n) is 3.47. The molecule has 5 heteroatoms. The lowest BCUT2D eigenvalue weighted by molar-refractivity contribution is 0.00119. The minimum absolute atomic E-state index is 0.0917. The Labute approximate surface area is 119 Å². The van der Waals surface area contributed by atoms with Gasteiger partial charge in [-0.25, -0.2) is 0 Å². The third kappa shape index (κ3) is 2.35.